The first-order valence-electron chi connectivity index (χ1n) is 19.3. The van der Waals surface area contributed by atoms with Crippen molar-refractivity contribution in [1.82, 2.24) is 20.9 Å². The van der Waals surface area contributed by atoms with Gasteiger partial charge in [0.25, 0.3) is 0 Å². The molecule has 54 heavy (non-hydrogen) atoms. The molecule has 4 N–H and O–H groups in total. The van der Waals surface area contributed by atoms with E-state index in [1.807, 2.05) is 48.5 Å². The van der Waals surface area contributed by atoms with Crippen molar-refractivity contribution in [2.75, 3.05) is 25.0 Å². The summed E-state index contributed by atoms with van der Waals surface area (Å²) in [5.41, 5.74) is 0.0235. The first-order valence-corrected chi connectivity index (χ1v) is 19.3. The molecule has 0 aliphatic carbocycles. The molecule has 6 amide bonds. The number of anilines is 1. The van der Waals surface area contributed by atoms with Crippen molar-refractivity contribution in [1.29, 1.82) is 0 Å². The smallest absolute Gasteiger partial charge is 0.305 e. The lowest BCUT2D eigenvalue weighted by atomic mass is 9.99. The molecule has 0 aromatic heterocycles. The van der Waals surface area contributed by atoms with Crippen LogP contribution in [0.2, 0.25) is 0 Å². The Bertz CT molecular complexity index is 1360. The van der Waals surface area contributed by atoms with Crippen molar-refractivity contribution in [3.8, 4) is 0 Å². The number of nitrogens with zero attached hydrogens (tertiary/aromatic N) is 1. The number of benzene rings is 1. The van der Waals surface area contributed by atoms with Crippen LogP contribution in [-0.2, 0) is 49.6 Å². The molecule has 14 heteroatoms. The van der Waals surface area contributed by atoms with Gasteiger partial charge in [-0.05, 0) is 71.6 Å². The highest BCUT2D eigenvalue weighted by Gasteiger charge is 2.37. The van der Waals surface area contributed by atoms with E-state index in [1.54, 1.807) is 31.2 Å². The minimum absolute atomic E-state index is 0.0264. The number of amides is 6. The average molecular weight is 762 g/mol. The number of likely N-dealkylation sites (tertiary alicyclic amines) is 1. The van der Waals surface area contributed by atoms with E-state index < -0.39 is 29.0 Å². The molecule has 2 unspecified atom stereocenters. The summed E-state index contributed by atoms with van der Waals surface area (Å²) in [5, 5.41) is 10.7. The zero-order chi connectivity index (χ0) is 41.5. The monoisotopic (exact) mass is 761 g/mol. The molecule has 14 nitrogen and oxygen atoms in total. The molecule has 306 valence electrons. The third kappa shape index (κ3) is 20.2. The minimum Gasteiger partial charge on any atom is -0.461 e. The van der Waals surface area contributed by atoms with Gasteiger partial charge in [0, 0.05) is 56.0 Å². The normalized spacial score (nSPS) is 14.4. The Morgan fingerprint density at radius 3 is 2.06 bits per heavy atom. The van der Waals surface area contributed by atoms with Crippen LogP contribution in [0.1, 0.15) is 133 Å². The third-order valence-corrected chi connectivity index (χ3v) is 8.17. The second-order valence-electron chi connectivity index (χ2n) is 14.2. The van der Waals surface area contributed by atoms with Crippen molar-refractivity contribution in [3.63, 3.8) is 0 Å². The summed E-state index contributed by atoms with van der Waals surface area (Å²) < 4.78 is 11.1. The van der Waals surface area contributed by atoms with E-state index in [0.717, 1.165) is 5.56 Å². The quantitative estimate of drug-likeness (QED) is 0.103. The Morgan fingerprint density at radius 2 is 1.50 bits per heavy atom. The second-order valence-corrected chi connectivity index (χ2v) is 14.2. The predicted molar refractivity (Wildman–Crippen MR) is 209 cm³/mol. The van der Waals surface area contributed by atoms with Gasteiger partial charge in [0.05, 0.1) is 12.1 Å². The summed E-state index contributed by atoms with van der Waals surface area (Å²) in [6.45, 7) is 21.0. The largest absolute Gasteiger partial charge is 0.461 e. The number of hydrogen-bond acceptors (Lipinski definition) is 9. The van der Waals surface area contributed by atoms with Gasteiger partial charge >= 0.3 is 5.97 Å². The van der Waals surface area contributed by atoms with Crippen molar-refractivity contribution in [2.45, 2.75) is 151 Å². The number of hydrogen-bond donors (Lipinski definition) is 4. The standard InChI is InChI=1S/C35H53N5O9.C3H8.C2H6/c1-8-25-20-30(44)40(33(25)47)18-15-28(42)39-34(4,5)17-19-49-35(6,7)16-14-27(41)36-21-29(43)37-23(3)32(46)38-26-12-10-24(11-13-26)22-48-31(45)9-2;1-3-2;1-2/h10-13,23,25H,8-9,14-22H2,1-7H3,(H,36,41)(H,37,43)(H,38,46)(H,39,42);3H2,1-2H3;1-2H3. The minimum atomic E-state index is -0.858. The number of nitrogens with one attached hydrogen (secondary N) is 4. The zero-order valence-electron chi connectivity index (χ0n) is 34.6. The van der Waals surface area contributed by atoms with Crippen LogP contribution in [0.3, 0.4) is 0 Å². The number of esters is 1. The van der Waals surface area contributed by atoms with Gasteiger partial charge in [-0.15, -0.1) is 0 Å². The number of ether oxygens (including phenoxy) is 2. The molecule has 1 heterocycles. The Morgan fingerprint density at radius 1 is 0.889 bits per heavy atom. The van der Waals surface area contributed by atoms with Gasteiger partial charge in [0.1, 0.15) is 12.6 Å². The third-order valence-electron chi connectivity index (χ3n) is 8.17. The first-order chi connectivity index (χ1) is 25.4. The van der Waals surface area contributed by atoms with Crippen molar-refractivity contribution >= 4 is 47.1 Å². The summed E-state index contributed by atoms with van der Waals surface area (Å²) in [6.07, 6.45) is 3.34. The van der Waals surface area contributed by atoms with Gasteiger partial charge in [0.15, 0.2) is 0 Å². The van der Waals surface area contributed by atoms with E-state index in [-0.39, 0.29) is 80.9 Å². The molecule has 1 aromatic carbocycles. The Kier molecular flexibility index (Phi) is 23.6. The molecule has 0 bridgehead atoms. The molecular formula is C40H67N5O9. The van der Waals surface area contributed by atoms with E-state index in [4.69, 9.17) is 9.47 Å². The second kappa shape index (κ2) is 25.6. The lowest BCUT2D eigenvalue weighted by molar-refractivity contribution is -0.144. The molecule has 1 fully saturated rings. The van der Waals surface area contributed by atoms with Gasteiger partial charge in [-0.25, -0.2) is 0 Å². The highest BCUT2D eigenvalue weighted by atomic mass is 16.5. The SMILES string of the molecule is CC.CCC.CCC(=O)OCc1ccc(NC(=O)C(C)NC(=O)CNC(=O)CCC(C)(C)OCCC(C)(C)NC(=O)CCN2C(=O)CC(CC)C2=O)cc1. The highest BCUT2D eigenvalue weighted by Crippen LogP contribution is 2.23. The summed E-state index contributed by atoms with van der Waals surface area (Å²) in [5.74, 6) is -2.61. The first kappa shape index (κ1) is 49.7. The van der Waals surface area contributed by atoms with Gasteiger partial charge in [0.2, 0.25) is 35.4 Å². The number of imide groups is 1. The molecule has 1 aliphatic heterocycles. The van der Waals surface area contributed by atoms with Gasteiger partial charge in [-0.1, -0.05) is 60.1 Å². The lowest BCUT2D eigenvalue weighted by Gasteiger charge is -2.30. The fourth-order valence-electron chi connectivity index (χ4n) is 4.92. The van der Waals surface area contributed by atoms with Crippen LogP contribution >= 0.6 is 0 Å². The number of rotatable bonds is 20. The Labute approximate surface area is 322 Å². The highest BCUT2D eigenvalue weighted by molar-refractivity contribution is 6.03. The van der Waals surface area contributed by atoms with Crippen LogP contribution in [0.4, 0.5) is 5.69 Å². The summed E-state index contributed by atoms with van der Waals surface area (Å²) in [6, 6.07) is 5.92. The van der Waals surface area contributed by atoms with Crippen molar-refractivity contribution in [3.05, 3.63) is 29.8 Å². The van der Waals surface area contributed by atoms with Gasteiger partial charge < -0.3 is 30.7 Å². The predicted octanol–water partition coefficient (Wildman–Crippen LogP) is 5.18. The molecular weight excluding hydrogens is 694 g/mol. The van der Waals surface area contributed by atoms with Gasteiger partial charge in [-0.2, -0.15) is 0 Å². The molecule has 2 atom stereocenters. The van der Waals surface area contributed by atoms with E-state index in [9.17, 15) is 33.6 Å². The van der Waals surface area contributed by atoms with E-state index in [2.05, 4.69) is 35.1 Å². The Hall–Kier alpha value is -4.33. The maximum atomic E-state index is 12.5. The molecule has 0 spiro atoms. The number of carbonyl (C=O) groups excluding carboxylic acids is 7. The summed E-state index contributed by atoms with van der Waals surface area (Å²) >= 11 is 0. The summed E-state index contributed by atoms with van der Waals surface area (Å²) in [7, 11) is 0. The molecule has 2 rings (SSSR count). The zero-order valence-corrected chi connectivity index (χ0v) is 34.6. The van der Waals surface area contributed by atoms with Crippen LogP contribution in [-0.4, -0.2) is 83.2 Å². The fourth-order valence-corrected chi connectivity index (χ4v) is 4.92. The average Bonchev–Trinajstić information content (AvgIpc) is 3.40. The lowest BCUT2D eigenvalue weighted by Crippen LogP contribution is -2.46. The molecule has 1 aliphatic rings. The van der Waals surface area contributed by atoms with Crippen LogP contribution < -0.4 is 21.3 Å². The number of carbonyl (C=O) groups is 7. The fraction of sp³-hybridized carbons (Fsp3) is 0.675. The topological polar surface area (TPSA) is 189 Å². The van der Waals surface area contributed by atoms with E-state index >= 15 is 0 Å². The van der Waals surface area contributed by atoms with Crippen molar-refractivity contribution in [2.24, 2.45) is 5.92 Å². The Balaban J connectivity index is 0.00000533. The molecule has 1 aromatic rings. The summed E-state index contributed by atoms with van der Waals surface area (Å²) in [4.78, 5) is 86.7. The maximum Gasteiger partial charge on any atom is 0.305 e. The maximum absolute atomic E-state index is 12.5. The van der Waals surface area contributed by atoms with E-state index in [1.165, 1.54) is 18.2 Å². The van der Waals surface area contributed by atoms with Crippen LogP contribution in [0.5, 0.6) is 0 Å². The van der Waals surface area contributed by atoms with Crippen LogP contribution in [0, 0.1) is 5.92 Å². The molecule has 0 radical (unpaired) electrons. The van der Waals surface area contributed by atoms with Gasteiger partial charge in [-0.3, -0.25) is 38.5 Å². The van der Waals surface area contributed by atoms with E-state index in [0.29, 0.717) is 31.6 Å². The molecule has 1 saturated heterocycles. The van der Waals surface area contributed by atoms with Crippen molar-refractivity contribution < 1.29 is 43.0 Å². The van der Waals surface area contributed by atoms with Crippen LogP contribution in [0.15, 0.2) is 24.3 Å². The molecule has 0 saturated carbocycles. The van der Waals surface area contributed by atoms with Crippen LogP contribution in [0.25, 0.3) is 0 Å².